The first-order chi connectivity index (χ1) is 11.7. The molecule has 0 unspecified atom stereocenters. The number of hydrogen-bond donors (Lipinski definition) is 1. The van der Waals surface area contributed by atoms with E-state index in [4.69, 9.17) is 0 Å². The summed E-state index contributed by atoms with van der Waals surface area (Å²) in [7, 11) is -3.23. The second-order valence-corrected chi connectivity index (χ2v) is 8.85. The highest BCUT2D eigenvalue weighted by atomic mass is 32.2. The van der Waals surface area contributed by atoms with Gasteiger partial charge < -0.3 is 5.32 Å². The fraction of sp³-hybridized carbons (Fsp3) is 0.333. The molecular weight excluding hydrogens is 358 g/mol. The lowest BCUT2D eigenvalue weighted by molar-refractivity contribution is -0.121. The van der Waals surface area contributed by atoms with Crippen LogP contribution >= 0.6 is 11.3 Å². The molecule has 0 saturated carbocycles. The predicted molar refractivity (Wildman–Crippen MR) is 98.8 cm³/mol. The van der Waals surface area contributed by atoms with E-state index in [2.05, 4.69) is 5.32 Å². The minimum atomic E-state index is -3.23. The number of amides is 1. The van der Waals surface area contributed by atoms with Crippen molar-refractivity contribution in [2.45, 2.75) is 37.6 Å². The molecule has 0 fully saturated rings. The fourth-order valence-electron chi connectivity index (χ4n) is 2.45. The number of carbonyl (C=O) groups is 2. The van der Waals surface area contributed by atoms with Crippen LogP contribution in [-0.4, -0.2) is 26.4 Å². The Labute approximate surface area is 152 Å². The molecule has 1 aromatic heterocycles. The van der Waals surface area contributed by atoms with Crippen molar-refractivity contribution < 1.29 is 18.0 Å². The van der Waals surface area contributed by atoms with E-state index in [1.54, 1.807) is 30.3 Å². The number of thiophene rings is 1. The Morgan fingerprint density at radius 2 is 1.84 bits per heavy atom. The van der Waals surface area contributed by atoms with E-state index >= 15 is 0 Å². The number of benzene rings is 1. The SMILES string of the molecule is CC[C@H](NC(=O)Cc1csc(C(C)=O)c1)c1ccc(S(C)(=O)=O)cc1. The summed E-state index contributed by atoms with van der Waals surface area (Å²) in [5, 5.41) is 4.78. The van der Waals surface area contributed by atoms with E-state index in [1.165, 1.54) is 18.3 Å². The van der Waals surface area contributed by atoms with Crippen LogP contribution in [0.2, 0.25) is 0 Å². The molecule has 2 aromatic rings. The van der Waals surface area contributed by atoms with Crippen molar-refractivity contribution in [1.82, 2.24) is 5.32 Å². The third-order valence-electron chi connectivity index (χ3n) is 3.82. The lowest BCUT2D eigenvalue weighted by Gasteiger charge is -2.17. The van der Waals surface area contributed by atoms with Crippen LogP contribution in [0, 0.1) is 0 Å². The summed E-state index contributed by atoms with van der Waals surface area (Å²) in [4.78, 5) is 24.5. The summed E-state index contributed by atoms with van der Waals surface area (Å²) in [6, 6.07) is 8.11. The second-order valence-electron chi connectivity index (χ2n) is 5.92. The van der Waals surface area contributed by atoms with E-state index in [9.17, 15) is 18.0 Å². The van der Waals surface area contributed by atoms with Crippen molar-refractivity contribution in [1.29, 1.82) is 0 Å². The van der Waals surface area contributed by atoms with Gasteiger partial charge in [0.1, 0.15) is 0 Å². The first-order valence-electron chi connectivity index (χ1n) is 7.88. The Hall–Kier alpha value is -1.99. The Morgan fingerprint density at radius 1 is 1.20 bits per heavy atom. The van der Waals surface area contributed by atoms with Gasteiger partial charge in [0, 0.05) is 6.26 Å². The van der Waals surface area contributed by atoms with E-state index < -0.39 is 9.84 Å². The van der Waals surface area contributed by atoms with E-state index in [1.807, 2.05) is 12.3 Å². The minimum absolute atomic E-state index is 0.00550. The first-order valence-corrected chi connectivity index (χ1v) is 10.7. The Kier molecular flexibility index (Phi) is 6.13. The zero-order valence-corrected chi connectivity index (χ0v) is 16.0. The van der Waals surface area contributed by atoms with Crippen molar-refractivity contribution in [3.8, 4) is 0 Å². The Bertz CT molecular complexity index is 867. The van der Waals surface area contributed by atoms with Crippen LogP contribution < -0.4 is 5.32 Å². The highest BCUT2D eigenvalue weighted by molar-refractivity contribution is 7.90. The third kappa shape index (κ3) is 5.24. The summed E-state index contributed by atoms with van der Waals surface area (Å²) in [6.07, 6.45) is 2.06. The number of carbonyl (C=O) groups excluding carboxylic acids is 2. The van der Waals surface area contributed by atoms with Gasteiger partial charge in [-0.2, -0.15) is 0 Å². The summed E-state index contributed by atoms with van der Waals surface area (Å²) in [6.45, 7) is 3.46. The lowest BCUT2D eigenvalue weighted by Crippen LogP contribution is -2.29. The van der Waals surface area contributed by atoms with Crippen LogP contribution in [0.15, 0.2) is 40.6 Å². The number of sulfone groups is 1. The number of rotatable bonds is 7. The molecular formula is C18H21NO4S2. The maximum Gasteiger partial charge on any atom is 0.224 e. The highest BCUT2D eigenvalue weighted by Crippen LogP contribution is 2.20. The largest absolute Gasteiger partial charge is 0.349 e. The number of ketones is 1. The van der Waals surface area contributed by atoms with Crippen LogP contribution in [0.5, 0.6) is 0 Å². The molecule has 5 nitrogen and oxygen atoms in total. The van der Waals surface area contributed by atoms with Gasteiger partial charge >= 0.3 is 0 Å². The van der Waals surface area contributed by atoms with E-state index in [0.717, 1.165) is 17.4 Å². The minimum Gasteiger partial charge on any atom is -0.349 e. The third-order valence-corrected chi connectivity index (χ3v) is 6.03. The van der Waals surface area contributed by atoms with Crippen LogP contribution in [-0.2, 0) is 21.1 Å². The zero-order chi connectivity index (χ0) is 18.6. The van der Waals surface area contributed by atoms with Crippen molar-refractivity contribution in [3.05, 3.63) is 51.7 Å². The summed E-state index contributed by atoms with van der Waals surface area (Å²) in [5.74, 6) is -0.138. The Morgan fingerprint density at radius 3 is 2.32 bits per heavy atom. The molecule has 2 rings (SSSR count). The van der Waals surface area contributed by atoms with Gasteiger partial charge in [-0.25, -0.2) is 8.42 Å². The number of nitrogens with one attached hydrogen (secondary N) is 1. The van der Waals surface area contributed by atoms with Gasteiger partial charge in [0.25, 0.3) is 0 Å². The molecule has 0 aliphatic heterocycles. The summed E-state index contributed by atoms with van der Waals surface area (Å²) in [5.41, 5.74) is 1.67. The fourth-order valence-corrected chi connectivity index (χ4v) is 3.90. The number of hydrogen-bond acceptors (Lipinski definition) is 5. The molecule has 0 bridgehead atoms. The summed E-state index contributed by atoms with van der Waals surface area (Å²) < 4.78 is 23.0. The van der Waals surface area contributed by atoms with Crippen molar-refractivity contribution in [3.63, 3.8) is 0 Å². The van der Waals surface area contributed by atoms with Gasteiger partial charge in [-0.05, 0) is 48.1 Å². The molecule has 0 radical (unpaired) electrons. The second kappa shape index (κ2) is 7.93. The van der Waals surface area contributed by atoms with Crippen LogP contribution in [0.4, 0.5) is 0 Å². The van der Waals surface area contributed by atoms with Crippen LogP contribution in [0.25, 0.3) is 0 Å². The molecule has 0 spiro atoms. The molecule has 1 N–H and O–H groups in total. The Balaban J connectivity index is 2.05. The average molecular weight is 380 g/mol. The molecule has 0 aliphatic carbocycles. The van der Waals surface area contributed by atoms with Crippen LogP contribution in [0.1, 0.15) is 47.1 Å². The monoisotopic (exact) mass is 379 g/mol. The van der Waals surface area contributed by atoms with E-state index in [-0.39, 0.29) is 29.0 Å². The maximum atomic E-state index is 12.3. The lowest BCUT2D eigenvalue weighted by atomic mass is 10.0. The molecule has 1 heterocycles. The molecule has 1 aromatic carbocycles. The molecule has 0 aliphatic rings. The molecule has 134 valence electrons. The molecule has 1 amide bonds. The van der Waals surface area contributed by atoms with Gasteiger partial charge in [0.2, 0.25) is 5.91 Å². The quantitative estimate of drug-likeness (QED) is 0.749. The normalized spacial score (nSPS) is 12.6. The molecule has 1 atom stereocenters. The zero-order valence-electron chi connectivity index (χ0n) is 14.4. The maximum absolute atomic E-state index is 12.3. The van der Waals surface area contributed by atoms with Crippen LogP contribution in [0.3, 0.4) is 0 Å². The number of Topliss-reactive ketones (excluding diaryl/α,β-unsaturated/α-hetero) is 1. The summed E-state index contributed by atoms with van der Waals surface area (Å²) >= 11 is 1.34. The van der Waals surface area contributed by atoms with E-state index in [0.29, 0.717) is 11.3 Å². The standard InChI is InChI=1S/C18H21NO4S2/c1-4-16(14-5-7-15(8-6-14)25(3,22)23)19-18(21)10-13-9-17(12(2)20)24-11-13/h5-9,11,16H,4,10H2,1-3H3,(H,19,21)/t16-/m0/s1. The average Bonchev–Trinajstić information content (AvgIpc) is 3.00. The van der Waals surface area contributed by atoms with Gasteiger partial charge in [-0.1, -0.05) is 19.1 Å². The molecule has 7 heteroatoms. The highest BCUT2D eigenvalue weighted by Gasteiger charge is 2.15. The van der Waals surface area contributed by atoms with Crippen molar-refractivity contribution >= 4 is 32.9 Å². The topological polar surface area (TPSA) is 80.3 Å². The van der Waals surface area contributed by atoms with Gasteiger partial charge in [0.05, 0.1) is 22.2 Å². The van der Waals surface area contributed by atoms with Gasteiger partial charge in [0.15, 0.2) is 15.6 Å². The molecule has 25 heavy (non-hydrogen) atoms. The van der Waals surface area contributed by atoms with Gasteiger partial charge in [-0.3, -0.25) is 9.59 Å². The van der Waals surface area contributed by atoms with Gasteiger partial charge in [-0.15, -0.1) is 11.3 Å². The predicted octanol–water partition coefficient (Wildman–Crippen LogP) is 3.16. The van der Waals surface area contributed by atoms with Crippen molar-refractivity contribution in [2.24, 2.45) is 0 Å². The first kappa shape index (κ1) is 19.3. The van der Waals surface area contributed by atoms with Crippen molar-refractivity contribution in [2.75, 3.05) is 6.26 Å². The molecule has 0 saturated heterocycles. The smallest absolute Gasteiger partial charge is 0.224 e.